The van der Waals surface area contributed by atoms with Crippen LogP contribution < -0.4 is 16.1 Å². The average Bonchev–Trinajstić information content (AvgIpc) is 3.09. The Morgan fingerprint density at radius 3 is 2.27 bits per heavy atom. The van der Waals surface area contributed by atoms with E-state index >= 15 is 0 Å². The van der Waals surface area contributed by atoms with Crippen molar-refractivity contribution in [1.82, 2.24) is 26.1 Å². The number of hydrazine groups is 1. The lowest BCUT2D eigenvalue weighted by atomic mass is 9.89. The third kappa shape index (κ3) is 14.5. The molecule has 308 valence electrons. The third-order valence-corrected chi connectivity index (χ3v) is 8.86. The second kappa shape index (κ2) is 19.4. The molecule has 17 heteroatoms. The number of pyridine rings is 1. The maximum Gasteiger partial charge on any atom is 0.325 e. The summed E-state index contributed by atoms with van der Waals surface area (Å²) >= 11 is 17.1. The smallest absolute Gasteiger partial charge is 0.325 e. The number of esters is 3. The average molecular weight is 841 g/mol. The highest BCUT2D eigenvalue weighted by Crippen LogP contribution is 2.27. The van der Waals surface area contributed by atoms with Crippen LogP contribution in [0.4, 0.5) is 0 Å². The van der Waals surface area contributed by atoms with Gasteiger partial charge in [-0.05, 0) is 78.0 Å². The number of ether oxygens (including phenoxy) is 3. The Kier molecular flexibility index (Phi) is 16.1. The van der Waals surface area contributed by atoms with Gasteiger partial charge in [-0.25, -0.2) is 10.4 Å². The number of nitrogens with zero attached hydrogens (tertiary/aromatic N) is 2. The van der Waals surface area contributed by atoms with Crippen molar-refractivity contribution in [3.8, 4) is 0 Å². The maximum absolute atomic E-state index is 13.9. The highest BCUT2D eigenvalue weighted by Gasteiger charge is 2.38. The first-order chi connectivity index (χ1) is 25.8. The van der Waals surface area contributed by atoms with Crippen LogP contribution in [0.2, 0.25) is 0 Å². The number of halogens is 3. The van der Waals surface area contributed by atoms with Crippen LogP contribution in [0.1, 0.15) is 98.9 Å². The Bertz CT molecular complexity index is 1810. The molecule has 0 aliphatic carbocycles. The predicted octanol–water partition coefficient (Wildman–Crippen LogP) is 5.66. The quantitative estimate of drug-likeness (QED) is 0.121. The molecule has 1 aromatic carbocycles. The Morgan fingerprint density at radius 2 is 1.66 bits per heavy atom. The molecule has 2 aromatic rings. The van der Waals surface area contributed by atoms with E-state index in [1.807, 2.05) is 24.3 Å². The summed E-state index contributed by atoms with van der Waals surface area (Å²) in [5, 5.41) is 7.48. The van der Waals surface area contributed by atoms with E-state index in [-0.39, 0.29) is 6.54 Å². The molecule has 3 unspecified atom stereocenters. The fraction of sp³-hybridized carbons (Fsp3) is 0.564. The summed E-state index contributed by atoms with van der Waals surface area (Å²) in [5.74, 6) is -4.23. The van der Waals surface area contributed by atoms with Gasteiger partial charge >= 0.3 is 17.9 Å². The van der Waals surface area contributed by atoms with Crippen LogP contribution in [0, 0.1) is 11.3 Å². The molecule has 56 heavy (non-hydrogen) atoms. The van der Waals surface area contributed by atoms with Crippen LogP contribution in [-0.4, -0.2) is 86.3 Å². The molecule has 1 aliphatic rings. The minimum absolute atomic E-state index is 0.153. The van der Waals surface area contributed by atoms with Crippen molar-refractivity contribution >= 4 is 87.4 Å². The second-order valence-corrected chi connectivity index (χ2v) is 18.1. The third-order valence-electron chi connectivity index (χ3n) is 8.53. The van der Waals surface area contributed by atoms with E-state index in [1.54, 1.807) is 73.6 Å². The van der Waals surface area contributed by atoms with Gasteiger partial charge in [0.15, 0.2) is 0 Å². The van der Waals surface area contributed by atoms with Crippen molar-refractivity contribution in [2.24, 2.45) is 11.3 Å². The lowest BCUT2D eigenvalue weighted by Gasteiger charge is -2.35. The van der Waals surface area contributed by atoms with Gasteiger partial charge < -0.3 is 24.8 Å². The number of benzene rings is 1. The number of amides is 3. The largest absolute Gasteiger partial charge is 0.460 e. The molecule has 14 nitrogen and oxygen atoms in total. The number of hydrogen-bond donors (Lipinski definition) is 3. The Labute approximate surface area is 342 Å². The van der Waals surface area contributed by atoms with Gasteiger partial charge in [-0.15, -0.1) is 0 Å². The van der Waals surface area contributed by atoms with Crippen LogP contribution in [0.5, 0.6) is 0 Å². The molecule has 0 saturated carbocycles. The fourth-order valence-electron chi connectivity index (χ4n) is 5.60. The van der Waals surface area contributed by atoms with Gasteiger partial charge in [-0.2, -0.15) is 0 Å². The second-order valence-electron chi connectivity index (χ2n) is 15.6. The number of hydrogen-bond acceptors (Lipinski definition) is 11. The summed E-state index contributed by atoms with van der Waals surface area (Å²) in [5.41, 5.74) is 2.84. The number of carbonyl (C=O) groups is 6. The number of nitrogens with one attached hydrogen (secondary N) is 3. The zero-order valence-corrected chi connectivity index (χ0v) is 35.4. The van der Waals surface area contributed by atoms with E-state index in [2.05, 4.69) is 21.0 Å². The molecule has 0 spiro atoms. The minimum atomic E-state index is -1.83. The molecular weight excluding hydrogens is 789 g/mol. The van der Waals surface area contributed by atoms with Gasteiger partial charge in [0, 0.05) is 18.9 Å². The molecular formula is C39H52Cl3N5O9. The molecule has 3 amide bonds. The number of rotatable bonds is 14. The van der Waals surface area contributed by atoms with E-state index in [1.165, 1.54) is 6.92 Å². The lowest BCUT2D eigenvalue weighted by molar-refractivity contribution is -0.160. The fourth-order valence-corrected chi connectivity index (χ4v) is 5.76. The summed E-state index contributed by atoms with van der Waals surface area (Å²) < 4.78 is 14.0. The maximum atomic E-state index is 13.9. The van der Waals surface area contributed by atoms with Crippen LogP contribution >= 0.6 is 34.8 Å². The van der Waals surface area contributed by atoms with Crippen LogP contribution in [-0.2, 0) is 43.0 Å². The van der Waals surface area contributed by atoms with Gasteiger partial charge in [-0.3, -0.25) is 33.8 Å². The van der Waals surface area contributed by atoms with Crippen LogP contribution in [0.25, 0.3) is 17.0 Å². The topological polar surface area (TPSA) is 182 Å². The SMILES string of the molecule is CC(=O)O[C@H](C)c1ccc2ccc(C=CC(C)(C)C(=O)NC(C(=O)NC(CC(=O)OC(C)(C)C)C(=O)N3CCCC(C(=O)OCC(Cl)(Cl)Cl)N3)C(C)C)cc2n1. The number of carbonyl (C=O) groups excluding carboxylic acids is 6. The summed E-state index contributed by atoms with van der Waals surface area (Å²) in [6.45, 7) is 14.6. The Morgan fingerprint density at radius 1 is 1.00 bits per heavy atom. The molecule has 0 radical (unpaired) electrons. The molecule has 3 N–H and O–H groups in total. The Hall–Kier alpha value is -3.98. The van der Waals surface area contributed by atoms with Crippen molar-refractivity contribution in [3.63, 3.8) is 0 Å². The standard InChI is InChI=1S/C39H52Cl3N5O9/c1-22(2)32(45-36(53)38(8,9)17-16-25-12-13-26-14-15-27(43-29(26)19-25)23(3)55-24(4)48)33(50)44-30(20-31(49)56-37(5,6)7)34(51)47-18-10-11-28(46-47)35(52)54-21-39(40,41)42/h12-17,19,22-23,28,30,32,46H,10-11,18,20-21H2,1-9H3,(H,44,50)(H,45,53)/t23-,28?,30?,32?/m1/s1. The van der Waals surface area contributed by atoms with Crippen molar-refractivity contribution in [3.05, 3.63) is 47.7 Å². The summed E-state index contributed by atoms with van der Waals surface area (Å²) in [4.78, 5) is 83.2. The molecule has 1 aromatic heterocycles. The first kappa shape index (κ1) is 46.4. The number of alkyl halides is 3. The normalized spacial score (nSPS) is 16.9. The van der Waals surface area contributed by atoms with E-state index < -0.39 is 93.6 Å². The van der Waals surface area contributed by atoms with Crippen molar-refractivity contribution < 1.29 is 43.0 Å². The summed E-state index contributed by atoms with van der Waals surface area (Å²) in [7, 11) is 0. The van der Waals surface area contributed by atoms with E-state index in [4.69, 9.17) is 49.0 Å². The number of fused-ring (bicyclic) bond motifs is 1. The summed E-state index contributed by atoms with van der Waals surface area (Å²) in [6.07, 6.45) is 3.12. The first-order valence-corrected chi connectivity index (χ1v) is 19.4. The van der Waals surface area contributed by atoms with Gasteiger partial charge in [-0.1, -0.05) is 79.0 Å². The van der Waals surface area contributed by atoms with Gasteiger partial charge in [0.2, 0.25) is 15.6 Å². The van der Waals surface area contributed by atoms with Crippen molar-refractivity contribution in [2.45, 2.75) is 115 Å². The highest BCUT2D eigenvalue weighted by molar-refractivity contribution is 6.67. The first-order valence-electron chi connectivity index (χ1n) is 18.3. The summed E-state index contributed by atoms with van der Waals surface area (Å²) in [6, 6.07) is 5.81. The monoisotopic (exact) mass is 839 g/mol. The number of aromatic nitrogens is 1. The zero-order valence-electron chi connectivity index (χ0n) is 33.2. The lowest BCUT2D eigenvalue weighted by Crippen LogP contribution is -2.62. The van der Waals surface area contributed by atoms with Gasteiger partial charge in [0.1, 0.15) is 36.4 Å². The molecule has 2 heterocycles. The van der Waals surface area contributed by atoms with Crippen molar-refractivity contribution in [1.29, 1.82) is 0 Å². The van der Waals surface area contributed by atoms with Crippen molar-refractivity contribution in [2.75, 3.05) is 13.2 Å². The Balaban J connectivity index is 1.78. The zero-order chi connectivity index (χ0) is 42.2. The van der Waals surface area contributed by atoms with E-state index in [0.717, 1.165) is 16.0 Å². The highest BCUT2D eigenvalue weighted by atomic mass is 35.6. The molecule has 4 atom stereocenters. The van der Waals surface area contributed by atoms with Gasteiger partial charge in [0.05, 0.1) is 23.0 Å². The molecule has 1 aliphatic heterocycles. The molecule has 1 saturated heterocycles. The minimum Gasteiger partial charge on any atom is -0.460 e. The molecule has 0 bridgehead atoms. The molecule has 1 fully saturated rings. The molecule has 3 rings (SSSR count). The van der Waals surface area contributed by atoms with E-state index in [9.17, 15) is 28.8 Å². The van der Waals surface area contributed by atoms with E-state index in [0.29, 0.717) is 24.1 Å². The van der Waals surface area contributed by atoms with Crippen LogP contribution in [0.15, 0.2) is 36.4 Å². The van der Waals surface area contributed by atoms with Gasteiger partial charge in [0.25, 0.3) is 5.91 Å². The van der Waals surface area contributed by atoms with Crippen LogP contribution in [0.3, 0.4) is 0 Å². The predicted molar refractivity (Wildman–Crippen MR) is 213 cm³/mol.